The monoisotopic (exact) mass is 455 g/mol. The van der Waals surface area contributed by atoms with Gasteiger partial charge in [0.05, 0.1) is 19.4 Å². The molecule has 9 heteroatoms. The number of carbonyl (C=O) groups excluding carboxylic acids is 2. The summed E-state index contributed by atoms with van der Waals surface area (Å²) in [5.74, 6) is -2.70. The van der Waals surface area contributed by atoms with E-state index in [1.807, 2.05) is 0 Å². The van der Waals surface area contributed by atoms with Crippen LogP contribution in [-0.2, 0) is 20.7 Å². The van der Waals surface area contributed by atoms with E-state index in [1.165, 1.54) is 0 Å². The van der Waals surface area contributed by atoms with Gasteiger partial charge in [-0.05, 0) is 49.4 Å². The van der Waals surface area contributed by atoms with Gasteiger partial charge in [0.1, 0.15) is 5.54 Å². The number of hydrogen-bond acceptors (Lipinski definition) is 3. The average molecular weight is 457 g/mol. The Morgan fingerprint density at radius 2 is 1.96 bits per heavy atom. The number of methoxy groups -OCH3 is 1. The van der Waals surface area contributed by atoms with Crippen molar-refractivity contribution >= 4 is 39.4 Å². The van der Waals surface area contributed by atoms with Crippen molar-refractivity contribution in [3.05, 3.63) is 33.3 Å². The fraction of sp³-hybridized carbons (Fsp3) is 0.529. The maximum absolute atomic E-state index is 12.9. The number of nitrogens with one attached hydrogen (secondary N) is 1. The molecule has 0 heterocycles. The topological polar surface area (TPSA) is 55.4 Å². The van der Waals surface area contributed by atoms with Crippen LogP contribution in [0, 0.1) is 5.92 Å². The second-order valence-corrected chi connectivity index (χ2v) is 7.67. The zero-order chi connectivity index (χ0) is 19.5. The molecule has 1 aromatic carbocycles. The summed E-state index contributed by atoms with van der Waals surface area (Å²) in [7, 11) is 1.15. The fourth-order valence-corrected chi connectivity index (χ4v) is 3.77. The first-order valence-electron chi connectivity index (χ1n) is 7.97. The Kier molecular flexibility index (Phi) is 6.60. The highest BCUT2D eigenvalue weighted by molar-refractivity contribution is 9.10. The van der Waals surface area contributed by atoms with Crippen molar-refractivity contribution in [2.24, 2.45) is 5.92 Å². The van der Waals surface area contributed by atoms with Gasteiger partial charge in [0.15, 0.2) is 0 Å². The van der Waals surface area contributed by atoms with Gasteiger partial charge < -0.3 is 10.1 Å². The second kappa shape index (κ2) is 8.17. The van der Waals surface area contributed by atoms with Crippen molar-refractivity contribution in [2.75, 3.05) is 7.11 Å². The molecule has 144 valence electrons. The molecule has 1 fully saturated rings. The van der Waals surface area contributed by atoms with Crippen molar-refractivity contribution in [3.63, 3.8) is 0 Å². The van der Waals surface area contributed by atoms with E-state index < -0.39 is 29.5 Å². The minimum absolute atomic E-state index is 0.0975. The minimum atomic E-state index is -4.31. The highest BCUT2D eigenvalue weighted by Crippen LogP contribution is 2.41. The number of esters is 1. The van der Waals surface area contributed by atoms with Gasteiger partial charge in [-0.3, -0.25) is 4.79 Å². The van der Waals surface area contributed by atoms with Crippen LogP contribution in [0.3, 0.4) is 0 Å². The van der Waals surface area contributed by atoms with Crippen LogP contribution in [0.25, 0.3) is 0 Å². The van der Waals surface area contributed by atoms with Crippen LogP contribution >= 0.6 is 27.5 Å². The van der Waals surface area contributed by atoms with E-state index in [1.54, 1.807) is 18.2 Å². The number of alkyl halides is 3. The van der Waals surface area contributed by atoms with Gasteiger partial charge in [-0.2, -0.15) is 13.2 Å². The number of amides is 1. The maximum atomic E-state index is 12.9. The van der Waals surface area contributed by atoms with Gasteiger partial charge in [0, 0.05) is 9.50 Å². The molecule has 0 aromatic heterocycles. The molecule has 0 bridgehead atoms. The standard InChI is InChI=1S/C17H18BrClF3NO3/c1-26-15(25)16(6-4-11(5-7-16)17(20,21)22)23-14(24)9-10-8-12(18)2-3-13(10)19/h2-3,8,11H,4-7,9H2,1H3,(H,23,24). The molecule has 0 atom stereocenters. The number of ether oxygens (including phenoxy) is 1. The van der Waals surface area contributed by atoms with Crippen LogP contribution in [0.15, 0.2) is 22.7 Å². The molecule has 1 aliphatic rings. The number of benzene rings is 1. The molecular weight excluding hydrogens is 439 g/mol. The summed E-state index contributed by atoms with van der Waals surface area (Å²) in [5, 5.41) is 2.98. The van der Waals surface area contributed by atoms with E-state index >= 15 is 0 Å². The molecule has 0 radical (unpaired) electrons. The zero-order valence-corrected chi connectivity index (χ0v) is 16.3. The SMILES string of the molecule is COC(=O)C1(NC(=O)Cc2cc(Br)ccc2Cl)CCC(C(F)(F)F)CC1. The lowest BCUT2D eigenvalue weighted by molar-refractivity contribution is -0.188. The first kappa shape index (κ1) is 21.0. The smallest absolute Gasteiger partial charge is 0.391 e. The summed E-state index contributed by atoms with van der Waals surface area (Å²) < 4.78 is 44.1. The average Bonchev–Trinajstić information content (AvgIpc) is 2.57. The van der Waals surface area contributed by atoms with E-state index in [0.29, 0.717) is 10.6 Å². The quantitative estimate of drug-likeness (QED) is 0.682. The molecule has 0 unspecified atom stereocenters. The Bertz CT molecular complexity index is 688. The van der Waals surface area contributed by atoms with Crippen molar-refractivity contribution < 1.29 is 27.5 Å². The lowest BCUT2D eigenvalue weighted by Gasteiger charge is -2.38. The van der Waals surface area contributed by atoms with Gasteiger partial charge in [-0.25, -0.2) is 4.79 Å². The predicted octanol–water partition coefficient (Wildman–Crippen LogP) is 4.43. The van der Waals surface area contributed by atoms with E-state index in [4.69, 9.17) is 16.3 Å². The van der Waals surface area contributed by atoms with E-state index in [9.17, 15) is 22.8 Å². The molecule has 4 nitrogen and oxygen atoms in total. The molecule has 1 amide bonds. The number of rotatable bonds is 4. The zero-order valence-electron chi connectivity index (χ0n) is 14.0. The molecule has 1 N–H and O–H groups in total. The van der Waals surface area contributed by atoms with Gasteiger partial charge in [0.2, 0.25) is 5.91 Å². The summed E-state index contributed by atoms with van der Waals surface area (Å²) >= 11 is 9.34. The summed E-state index contributed by atoms with van der Waals surface area (Å²) in [6.07, 6.45) is -5.13. The first-order valence-corrected chi connectivity index (χ1v) is 9.14. The van der Waals surface area contributed by atoms with Crippen molar-refractivity contribution in [2.45, 2.75) is 43.8 Å². The Morgan fingerprint density at radius 3 is 2.50 bits per heavy atom. The van der Waals surface area contributed by atoms with E-state index in [2.05, 4.69) is 21.2 Å². The summed E-state index contributed by atoms with van der Waals surface area (Å²) in [6, 6.07) is 5.02. The van der Waals surface area contributed by atoms with Gasteiger partial charge in [-0.1, -0.05) is 27.5 Å². The minimum Gasteiger partial charge on any atom is -0.467 e. The van der Waals surface area contributed by atoms with Crippen LogP contribution in [0.2, 0.25) is 5.02 Å². The number of carbonyl (C=O) groups is 2. The summed E-state index contributed by atoms with van der Waals surface area (Å²) in [4.78, 5) is 24.6. The number of hydrogen-bond donors (Lipinski definition) is 1. The molecule has 0 saturated heterocycles. The highest BCUT2D eigenvalue weighted by atomic mass is 79.9. The molecule has 0 aliphatic heterocycles. The molecule has 26 heavy (non-hydrogen) atoms. The molecule has 2 rings (SSSR count). The Morgan fingerprint density at radius 1 is 1.35 bits per heavy atom. The van der Waals surface area contributed by atoms with Crippen LogP contribution in [-0.4, -0.2) is 30.7 Å². The number of halogens is 5. The van der Waals surface area contributed by atoms with Crippen LogP contribution in [0.5, 0.6) is 0 Å². The third-order valence-corrected chi connectivity index (χ3v) is 5.48. The van der Waals surface area contributed by atoms with E-state index in [0.717, 1.165) is 11.6 Å². The van der Waals surface area contributed by atoms with Gasteiger partial charge in [0.25, 0.3) is 0 Å². The maximum Gasteiger partial charge on any atom is 0.391 e. The normalized spacial score (nSPS) is 23.4. The molecule has 1 saturated carbocycles. The van der Waals surface area contributed by atoms with Crippen LogP contribution in [0.1, 0.15) is 31.2 Å². The molecule has 1 aliphatic carbocycles. The first-order chi connectivity index (χ1) is 12.1. The van der Waals surface area contributed by atoms with Crippen LogP contribution in [0.4, 0.5) is 13.2 Å². The second-order valence-electron chi connectivity index (χ2n) is 6.35. The van der Waals surface area contributed by atoms with Gasteiger partial charge in [-0.15, -0.1) is 0 Å². The van der Waals surface area contributed by atoms with Crippen LogP contribution < -0.4 is 5.32 Å². The summed E-state index contributed by atoms with van der Waals surface area (Å²) in [5.41, 5.74) is -0.894. The predicted molar refractivity (Wildman–Crippen MR) is 93.8 cm³/mol. The third-order valence-electron chi connectivity index (χ3n) is 4.62. The lowest BCUT2D eigenvalue weighted by Crippen LogP contribution is -2.58. The Labute approximate surface area is 162 Å². The lowest BCUT2D eigenvalue weighted by atomic mass is 9.76. The van der Waals surface area contributed by atoms with E-state index in [-0.39, 0.29) is 32.1 Å². The molecule has 0 spiro atoms. The van der Waals surface area contributed by atoms with Crippen molar-refractivity contribution in [1.82, 2.24) is 5.32 Å². The molecular formula is C17H18BrClF3NO3. The van der Waals surface area contributed by atoms with Crippen molar-refractivity contribution in [1.29, 1.82) is 0 Å². The largest absolute Gasteiger partial charge is 0.467 e. The highest BCUT2D eigenvalue weighted by Gasteiger charge is 2.50. The summed E-state index contributed by atoms with van der Waals surface area (Å²) in [6.45, 7) is 0. The van der Waals surface area contributed by atoms with Gasteiger partial charge >= 0.3 is 12.1 Å². The fourth-order valence-electron chi connectivity index (χ4n) is 3.18. The van der Waals surface area contributed by atoms with Crippen molar-refractivity contribution in [3.8, 4) is 0 Å². The Hall–Kier alpha value is -1.28. The molecule has 1 aromatic rings. The third kappa shape index (κ3) is 4.91. The Balaban J connectivity index is 2.12.